The van der Waals surface area contributed by atoms with Gasteiger partial charge in [-0.1, -0.05) is 15.9 Å². The molecule has 5 nitrogen and oxygen atoms in total. The minimum atomic E-state index is -4.44. The lowest BCUT2D eigenvalue weighted by atomic mass is 10.2. The van der Waals surface area contributed by atoms with Gasteiger partial charge in [0.05, 0.1) is 5.56 Å². The van der Waals surface area contributed by atoms with Crippen LogP contribution in [0.3, 0.4) is 0 Å². The van der Waals surface area contributed by atoms with Crippen LogP contribution in [-0.4, -0.2) is 9.97 Å². The van der Waals surface area contributed by atoms with E-state index in [1.54, 1.807) is 0 Å². The molecule has 1 aromatic carbocycles. The maximum Gasteiger partial charge on any atom is 0.417 e. The third-order valence-corrected chi connectivity index (χ3v) is 3.02. The molecule has 0 unspecified atom stereocenters. The predicted molar refractivity (Wildman–Crippen MR) is 72.3 cm³/mol. The summed E-state index contributed by atoms with van der Waals surface area (Å²) in [4.78, 5) is 7.75. The molecule has 2 aromatic rings. The first kappa shape index (κ1) is 14.5. The summed E-state index contributed by atoms with van der Waals surface area (Å²) in [6.07, 6.45) is -3.01. The molecule has 0 saturated heterocycles. The van der Waals surface area contributed by atoms with Gasteiger partial charge in [-0.3, -0.25) is 5.43 Å². The molecule has 1 aromatic heterocycles. The van der Waals surface area contributed by atoms with Gasteiger partial charge in [-0.15, -0.1) is 0 Å². The van der Waals surface area contributed by atoms with E-state index in [0.29, 0.717) is 5.82 Å². The molecular formula is C11H9BrF3N5. The van der Waals surface area contributed by atoms with Crippen molar-refractivity contribution in [1.82, 2.24) is 9.97 Å². The standard InChI is InChI=1S/C11H9BrF3N5/c12-8-2-1-6(5-7(8)11(13,14)15)18-9-3-4-17-10(19-9)20-16/h1-5H,16H2,(H2,17,18,19,20). The Kier molecular flexibility index (Phi) is 4.09. The van der Waals surface area contributed by atoms with E-state index in [-0.39, 0.29) is 16.1 Å². The van der Waals surface area contributed by atoms with Crippen LogP contribution in [0.15, 0.2) is 34.9 Å². The average Bonchev–Trinajstić information content (AvgIpc) is 2.40. The van der Waals surface area contributed by atoms with Gasteiger partial charge >= 0.3 is 6.18 Å². The summed E-state index contributed by atoms with van der Waals surface area (Å²) in [5, 5.41) is 2.75. The number of nitrogen functional groups attached to an aromatic ring is 1. The van der Waals surface area contributed by atoms with Crippen molar-refractivity contribution in [3.05, 3.63) is 40.5 Å². The van der Waals surface area contributed by atoms with Gasteiger partial charge in [-0.2, -0.15) is 18.2 Å². The number of hydrogen-bond acceptors (Lipinski definition) is 5. The van der Waals surface area contributed by atoms with Crippen molar-refractivity contribution in [3.63, 3.8) is 0 Å². The van der Waals surface area contributed by atoms with Gasteiger partial charge in [-0.25, -0.2) is 10.8 Å². The lowest BCUT2D eigenvalue weighted by Crippen LogP contribution is -2.11. The van der Waals surface area contributed by atoms with Gasteiger partial charge in [0.1, 0.15) is 5.82 Å². The molecule has 20 heavy (non-hydrogen) atoms. The maximum absolute atomic E-state index is 12.8. The molecule has 1 heterocycles. The van der Waals surface area contributed by atoms with Crippen molar-refractivity contribution in [2.45, 2.75) is 6.18 Å². The van der Waals surface area contributed by atoms with E-state index < -0.39 is 11.7 Å². The molecule has 106 valence electrons. The molecule has 0 radical (unpaired) electrons. The van der Waals surface area contributed by atoms with Gasteiger partial charge in [0.25, 0.3) is 0 Å². The normalized spacial score (nSPS) is 11.2. The number of hydrazine groups is 1. The molecule has 0 saturated carbocycles. The Morgan fingerprint density at radius 3 is 2.60 bits per heavy atom. The Hall–Kier alpha value is -1.87. The molecule has 9 heteroatoms. The Bertz CT molecular complexity index is 617. The predicted octanol–water partition coefficient (Wildman–Crippen LogP) is 3.29. The van der Waals surface area contributed by atoms with Crippen LogP contribution >= 0.6 is 15.9 Å². The van der Waals surface area contributed by atoms with Crippen LogP contribution in [0.5, 0.6) is 0 Å². The van der Waals surface area contributed by atoms with Crippen molar-refractivity contribution in [2.24, 2.45) is 5.84 Å². The SMILES string of the molecule is NNc1nccc(Nc2ccc(Br)c(C(F)(F)F)c2)n1. The second-order valence-electron chi connectivity index (χ2n) is 3.73. The number of alkyl halides is 3. The van der Waals surface area contributed by atoms with Crippen molar-refractivity contribution in [3.8, 4) is 0 Å². The highest BCUT2D eigenvalue weighted by Crippen LogP contribution is 2.36. The first-order chi connectivity index (χ1) is 9.40. The topological polar surface area (TPSA) is 75.9 Å². The minimum absolute atomic E-state index is 0.0254. The Balaban J connectivity index is 2.30. The highest BCUT2D eigenvalue weighted by Gasteiger charge is 2.33. The molecule has 0 spiro atoms. The summed E-state index contributed by atoms with van der Waals surface area (Å²) in [5.41, 5.74) is 1.73. The van der Waals surface area contributed by atoms with Crippen molar-refractivity contribution < 1.29 is 13.2 Å². The zero-order valence-corrected chi connectivity index (χ0v) is 11.5. The van der Waals surface area contributed by atoms with E-state index >= 15 is 0 Å². The second kappa shape index (κ2) is 5.63. The van der Waals surface area contributed by atoms with Gasteiger partial charge in [0.15, 0.2) is 0 Å². The van der Waals surface area contributed by atoms with Crippen LogP contribution < -0.4 is 16.6 Å². The van der Waals surface area contributed by atoms with Gasteiger partial charge in [0, 0.05) is 16.4 Å². The molecule has 0 bridgehead atoms. The summed E-state index contributed by atoms with van der Waals surface area (Å²) in [5.74, 6) is 5.63. The fourth-order valence-corrected chi connectivity index (χ4v) is 1.94. The van der Waals surface area contributed by atoms with E-state index in [9.17, 15) is 13.2 Å². The molecule has 4 N–H and O–H groups in total. The molecule has 2 rings (SSSR count). The molecular weight excluding hydrogens is 339 g/mol. The van der Waals surface area contributed by atoms with Crippen molar-refractivity contribution in [1.29, 1.82) is 0 Å². The number of nitrogens with zero attached hydrogens (tertiary/aromatic N) is 2. The van der Waals surface area contributed by atoms with E-state index in [2.05, 4.69) is 36.6 Å². The van der Waals surface area contributed by atoms with E-state index in [0.717, 1.165) is 6.07 Å². The third-order valence-electron chi connectivity index (χ3n) is 2.33. The molecule has 0 fully saturated rings. The summed E-state index contributed by atoms with van der Waals surface area (Å²) >= 11 is 2.87. The number of aromatic nitrogens is 2. The molecule has 0 atom stereocenters. The summed E-state index contributed by atoms with van der Waals surface area (Å²) in [6, 6.07) is 5.31. The number of hydrogen-bond donors (Lipinski definition) is 3. The monoisotopic (exact) mass is 347 g/mol. The zero-order valence-electron chi connectivity index (χ0n) is 9.87. The Morgan fingerprint density at radius 1 is 1.20 bits per heavy atom. The van der Waals surface area contributed by atoms with Gasteiger partial charge in [-0.05, 0) is 24.3 Å². The lowest BCUT2D eigenvalue weighted by molar-refractivity contribution is -0.138. The van der Waals surface area contributed by atoms with E-state index in [1.165, 1.54) is 24.4 Å². The summed E-state index contributed by atoms with van der Waals surface area (Å²) in [6.45, 7) is 0. The van der Waals surface area contributed by atoms with Crippen LogP contribution in [0.2, 0.25) is 0 Å². The first-order valence-corrected chi connectivity index (χ1v) is 6.13. The maximum atomic E-state index is 12.8. The van der Waals surface area contributed by atoms with E-state index in [1.807, 2.05) is 0 Å². The fraction of sp³-hybridized carbons (Fsp3) is 0.0909. The fourth-order valence-electron chi connectivity index (χ4n) is 1.47. The van der Waals surface area contributed by atoms with Gasteiger partial charge in [0.2, 0.25) is 5.95 Å². The smallest absolute Gasteiger partial charge is 0.340 e. The molecule has 0 aliphatic carbocycles. The highest BCUT2D eigenvalue weighted by molar-refractivity contribution is 9.10. The van der Waals surface area contributed by atoms with Crippen molar-refractivity contribution in [2.75, 3.05) is 10.7 Å². The van der Waals surface area contributed by atoms with Crippen LogP contribution in [0.25, 0.3) is 0 Å². The number of nitrogens with one attached hydrogen (secondary N) is 2. The van der Waals surface area contributed by atoms with Crippen LogP contribution in [0.4, 0.5) is 30.6 Å². The quantitative estimate of drug-likeness (QED) is 0.586. The van der Waals surface area contributed by atoms with Crippen molar-refractivity contribution >= 4 is 33.4 Å². The Morgan fingerprint density at radius 2 is 1.95 bits per heavy atom. The second-order valence-corrected chi connectivity index (χ2v) is 4.58. The largest absolute Gasteiger partial charge is 0.417 e. The van der Waals surface area contributed by atoms with E-state index in [4.69, 9.17) is 5.84 Å². The molecule has 0 aliphatic heterocycles. The number of benzene rings is 1. The first-order valence-electron chi connectivity index (χ1n) is 5.33. The van der Waals surface area contributed by atoms with Crippen LogP contribution in [-0.2, 0) is 6.18 Å². The zero-order chi connectivity index (χ0) is 14.8. The lowest BCUT2D eigenvalue weighted by Gasteiger charge is -2.12. The molecule has 0 amide bonds. The Labute approximate surface area is 120 Å². The minimum Gasteiger partial charge on any atom is -0.340 e. The third kappa shape index (κ3) is 3.36. The number of nitrogens with two attached hydrogens (primary N) is 1. The average molecular weight is 348 g/mol. The van der Waals surface area contributed by atoms with Crippen LogP contribution in [0.1, 0.15) is 5.56 Å². The number of halogens is 4. The highest BCUT2D eigenvalue weighted by atomic mass is 79.9. The number of anilines is 3. The summed E-state index contributed by atoms with van der Waals surface area (Å²) < 4.78 is 38.3. The summed E-state index contributed by atoms with van der Waals surface area (Å²) in [7, 11) is 0. The van der Waals surface area contributed by atoms with Crippen LogP contribution in [0, 0.1) is 0 Å². The number of rotatable bonds is 3. The van der Waals surface area contributed by atoms with Gasteiger partial charge < -0.3 is 5.32 Å². The molecule has 0 aliphatic rings.